The fourth-order valence-electron chi connectivity index (χ4n) is 6.52. The summed E-state index contributed by atoms with van der Waals surface area (Å²) in [6, 6.07) is 16.6. The number of benzene rings is 3. The fraction of sp³-hybridized carbons (Fsp3) is 0.412. The lowest BCUT2D eigenvalue weighted by atomic mass is 9.79. The maximum absolute atomic E-state index is 13.2. The lowest BCUT2D eigenvalue weighted by Gasteiger charge is -2.25. The topological polar surface area (TPSA) is 110 Å². The second kappa shape index (κ2) is 12.5. The normalized spacial score (nSPS) is 20.5. The molecule has 3 aromatic rings. The number of aliphatic carboxylic acids is 1. The molecule has 3 aromatic carbocycles. The molecule has 0 unspecified atom stereocenters. The number of carbonyl (C=O) groups excluding carboxylic acids is 1. The lowest BCUT2D eigenvalue weighted by Crippen LogP contribution is -2.25. The lowest BCUT2D eigenvalue weighted by molar-refractivity contribution is -0.151. The first-order chi connectivity index (χ1) is 21.0. The van der Waals surface area contributed by atoms with E-state index in [1.54, 1.807) is 19.2 Å². The zero-order valence-electron chi connectivity index (χ0n) is 24.4. The Bertz CT molecular complexity index is 1490. The van der Waals surface area contributed by atoms with Gasteiger partial charge in [0.25, 0.3) is 0 Å². The molecule has 9 heteroatoms. The smallest absolute Gasteiger partial charge is 0.344 e. The number of fused-ring (bicyclic) bond motifs is 2. The van der Waals surface area contributed by atoms with Crippen molar-refractivity contribution in [3.63, 3.8) is 0 Å². The van der Waals surface area contributed by atoms with E-state index in [1.165, 1.54) is 0 Å². The average molecular weight is 589 g/mol. The maximum Gasteiger partial charge on any atom is 0.344 e. The summed E-state index contributed by atoms with van der Waals surface area (Å²) in [5, 5.41) is 10.8. The summed E-state index contributed by atoms with van der Waals surface area (Å²) in [5.74, 6) is -0.619. The van der Waals surface area contributed by atoms with Crippen LogP contribution in [-0.4, -0.2) is 50.3 Å². The van der Waals surface area contributed by atoms with Crippen LogP contribution in [0.5, 0.6) is 28.7 Å². The summed E-state index contributed by atoms with van der Waals surface area (Å²) < 4.78 is 34.3. The number of hydrogen-bond donors (Lipinski definition) is 1. The van der Waals surface area contributed by atoms with Crippen molar-refractivity contribution in [2.24, 2.45) is 5.92 Å². The number of carbonyl (C=O) groups is 2. The number of hydrogen-bond acceptors (Lipinski definition) is 8. The van der Waals surface area contributed by atoms with Crippen molar-refractivity contribution >= 4 is 11.9 Å². The Morgan fingerprint density at radius 1 is 0.860 bits per heavy atom. The molecule has 3 atom stereocenters. The molecule has 0 saturated heterocycles. The Balaban J connectivity index is 1.42. The van der Waals surface area contributed by atoms with Crippen molar-refractivity contribution in [3.05, 3.63) is 76.9 Å². The Labute approximate surface area is 250 Å². The summed E-state index contributed by atoms with van der Waals surface area (Å²) in [7, 11) is 1.55. The van der Waals surface area contributed by atoms with E-state index in [-0.39, 0.29) is 19.5 Å². The highest BCUT2D eigenvalue weighted by Crippen LogP contribution is 2.56. The number of rotatable bonds is 11. The summed E-state index contributed by atoms with van der Waals surface area (Å²) >= 11 is 0. The SMILES string of the molecule is CCCOc1ccc2c(c1)[C@@H](c1ccc(OC)cc1OCC(=O)OC1CCCC1)[C@H](C(=O)O)[C@H]2c1ccc2c(c1)OCO2. The number of ether oxygens (including phenoxy) is 6. The van der Waals surface area contributed by atoms with Crippen molar-refractivity contribution in [3.8, 4) is 28.7 Å². The van der Waals surface area contributed by atoms with Gasteiger partial charge >= 0.3 is 11.9 Å². The molecule has 43 heavy (non-hydrogen) atoms. The maximum atomic E-state index is 13.2. The van der Waals surface area contributed by atoms with Crippen LogP contribution in [-0.2, 0) is 14.3 Å². The zero-order chi connectivity index (χ0) is 29.9. The summed E-state index contributed by atoms with van der Waals surface area (Å²) in [4.78, 5) is 25.9. The Kier molecular flexibility index (Phi) is 8.31. The minimum Gasteiger partial charge on any atom is -0.497 e. The average Bonchev–Trinajstić information content (AvgIpc) is 3.77. The molecule has 226 valence electrons. The van der Waals surface area contributed by atoms with Crippen LogP contribution in [0.3, 0.4) is 0 Å². The standard InChI is InChI=1S/C34H36O9/c1-3-14-39-23-10-11-24-26(16-23)32(33(34(36)37)31(24)20-8-13-27-29(15-20)42-19-41-27)25-12-9-22(38-2)17-28(25)40-18-30(35)43-21-6-4-5-7-21/h8-13,15-17,21,31-33H,3-7,14,18-19H2,1-2H3,(H,36,37)/t31-,32+,33+/m0/s1. The van der Waals surface area contributed by atoms with Gasteiger partial charge in [0.15, 0.2) is 18.1 Å². The first-order valence-electron chi connectivity index (χ1n) is 14.9. The first-order valence-corrected chi connectivity index (χ1v) is 14.9. The molecule has 1 saturated carbocycles. The molecule has 1 N–H and O–H groups in total. The van der Waals surface area contributed by atoms with Crippen LogP contribution >= 0.6 is 0 Å². The van der Waals surface area contributed by atoms with Gasteiger partial charge in [0.2, 0.25) is 6.79 Å². The number of carboxylic acid groups (broad SMARTS) is 1. The molecular weight excluding hydrogens is 552 g/mol. The van der Waals surface area contributed by atoms with E-state index in [1.807, 2.05) is 49.4 Å². The van der Waals surface area contributed by atoms with E-state index in [0.29, 0.717) is 40.9 Å². The van der Waals surface area contributed by atoms with Crippen LogP contribution in [0, 0.1) is 5.92 Å². The van der Waals surface area contributed by atoms with Gasteiger partial charge in [0, 0.05) is 23.5 Å². The van der Waals surface area contributed by atoms with Gasteiger partial charge in [-0.25, -0.2) is 4.79 Å². The van der Waals surface area contributed by atoms with Crippen LogP contribution in [0.1, 0.15) is 73.1 Å². The van der Waals surface area contributed by atoms with Crippen molar-refractivity contribution in [2.75, 3.05) is 27.1 Å². The van der Waals surface area contributed by atoms with Crippen LogP contribution in [0.2, 0.25) is 0 Å². The van der Waals surface area contributed by atoms with Gasteiger partial charge < -0.3 is 33.5 Å². The highest BCUT2D eigenvalue weighted by molar-refractivity contribution is 5.79. The van der Waals surface area contributed by atoms with Crippen LogP contribution in [0.15, 0.2) is 54.6 Å². The van der Waals surface area contributed by atoms with Crippen molar-refractivity contribution in [2.45, 2.75) is 57.0 Å². The van der Waals surface area contributed by atoms with E-state index in [9.17, 15) is 14.7 Å². The molecule has 1 heterocycles. The van der Waals surface area contributed by atoms with Crippen molar-refractivity contribution in [1.29, 1.82) is 0 Å². The van der Waals surface area contributed by atoms with Crippen LogP contribution < -0.4 is 23.7 Å². The molecule has 9 nitrogen and oxygen atoms in total. The second-order valence-corrected chi connectivity index (χ2v) is 11.2. The zero-order valence-corrected chi connectivity index (χ0v) is 24.4. The van der Waals surface area contributed by atoms with Crippen molar-refractivity contribution in [1.82, 2.24) is 0 Å². The molecule has 3 aliphatic rings. The molecule has 0 spiro atoms. The van der Waals surface area contributed by atoms with Gasteiger partial charge in [0.1, 0.15) is 23.4 Å². The van der Waals surface area contributed by atoms with Gasteiger partial charge in [-0.15, -0.1) is 0 Å². The monoisotopic (exact) mass is 588 g/mol. The third-order valence-corrected chi connectivity index (χ3v) is 8.46. The van der Waals surface area contributed by atoms with E-state index in [0.717, 1.165) is 48.8 Å². The largest absolute Gasteiger partial charge is 0.497 e. The summed E-state index contributed by atoms with van der Waals surface area (Å²) in [6.07, 6.45) is 4.57. The van der Waals surface area contributed by atoms with E-state index in [4.69, 9.17) is 28.4 Å². The van der Waals surface area contributed by atoms with Gasteiger partial charge in [-0.05, 0) is 79.1 Å². The third kappa shape index (κ3) is 5.81. The third-order valence-electron chi connectivity index (χ3n) is 8.46. The van der Waals surface area contributed by atoms with Gasteiger partial charge in [0.05, 0.1) is 19.6 Å². The van der Waals surface area contributed by atoms with E-state index >= 15 is 0 Å². The van der Waals surface area contributed by atoms with Crippen LogP contribution in [0.4, 0.5) is 0 Å². The summed E-state index contributed by atoms with van der Waals surface area (Å²) in [5.41, 5.74) is 3.15. The molecule has 6 rings (SSSR count). The Morgan fingerprint density at radius 2 is 1.63 bits per heavy atom. The molecule has 0 bridgehead atoms. The highest BCUT2D eigenvalue weighted by atomic mass is 16.7. The van der Waals surface area contributed by atoms with E-state index < -0.39 is 29.7 Å². The van der Waals surface area contributed by atoms with Gasteiger partial charge in [-0.1, -0.05) is 25.1 Å². The number of methoxy groups -OCH3 is 1. The van der Waals surface area contributed by atoms with Gasteiger partial charge in [-0.2, -0.15) is 0 Å². The highest BCUT2D eigenvalue weighted by Gasteiger charge is 2.48. The van der Waals surface area contributed by atoms with Crippen LogP contribution in [0.25, 0.3) is 0 Å². The van der Waals surface area contributed by atoms with E-state index in [2.05, 4.69) is 0 Å². The number of carboxylic acids is 1. The molecule has 2 aliphatic carbocycles. The molecule has 1 aliphatic heterocycles. The number of esters is 1. The predicted octanol–water partition coefficient (Wildman–Crippen LogP) is 6.06. The first kappa shape index (κ1) is 28.7. The molecule has 0 amide bonds. The minimum absolute atomic E-state index is 0.0806. The molecule has 1 fully saturated rings. The fourth-order valence-corrected chi connectivity index (χ4v) is 6.52. The predicted molar refractivity (Wildman–Crippen MR) is 156 cm³/mol. The molecule has 0 aromatic heterocycles. The Hall–Kier alpha value is -4.40. The second-order valence-electron chi connectivity index (χ2n) is 11.2. The quantitative estimate of drug-likeness (QED) is 0.268. The Morgan fingerprint density at radius 3 is 2.40 bits per heavy atom. The summed E-state index contributed by atoms with van der Waals surface area (Å²) in [6.45, 7) is 2.40. The minimum atomic E-state index is -0.956. The van der Waals surface area contributed by atoms with Gasteiger partial charge in [-0.3, -0.25) is 4.79 Å². The molecular formula is C34H36O9. The van der Waals surface area contributed by atoms with Crippen molar-refractivity contribution < 1.29 is 43.1 Å². The molecule has 0 radical (unpaired) electrons.